The van der Waals surface area contributed by atoms with Crippen LogP contribution in [0.3, 0.4) is 0 Å². The summed E-state index contributed by atoms with van der Waals surface area (Å²) in [4.78, 5) is 23.3. The Labute approximate surface area is 153 Å². The van der Waals surface area contributed by atoms with Gasteiger partial charge in [-0.25, -0.2) is 18.7 Å². The molecule has 138 valence electrons. The van der Waals surface area contributed by atoms with Crippen molar-refractivity contribution in [2.24, 2.45) is 0 Å². The van der Waals surface area contributed by atoms with E-state index in [1.165, 1.54) is 24.1 Å². The third-order valence-electron chi connectivity index (χ3n) is 4.26. The van der Waals surface area contributed by atoms with Crippen LogP contribution in [0, 0.1) is 5.82 Å². The van der Waals surface area contributed by atoms with Crippen molar-refractivity contribution in [2.45, 2.75) is 19.8 Å². The first kappa shape index (κ1) is 17.0. The molecule has 0 aliphatic rings. The van der Waals surface area contributed by atoms with E-state index < -0.39 is 11.8 Å². The van der Waals surface area contributed by atoms with Crippen LogP contribution in [-0.4, -0.2) is 37.6 Å². The molecule has 0 aliphatic heterocycles. The van der Waals surface area contributed by atoms with Crippen molar-refractivity contribution in [3.8, 4) is 11.6 Å². The zero-order valence-electron chi connectivity index (χ0n) is 14.9. The van der Waals surface area contributed by atoms with Gasteiger partial charge in [-0.15, -0.1) is 0 Å². The molecule has 0 saturated heterocycles. The fourth-order valence-electron chi connectivity index (χ4n) is 3.07. The van der Waals surface area contributed by atoms with E-state index >= 15 is 0 Å². The molecule has 0 radical (unpaired) electrons. The largest absolute Gasteiger partial charge is 0.465 e. The molecule has 4 aromatic rings. The summed E-state index contributed by atoms with van der Waals surface area (Å²) in [6, 6.07) is 1.58. The Kier molecular flexibility index (Phi) is 3.98. The topological polar surface area (TPSA) is 94.4 Å². The van der Waals surface area contributed by atoms with Gasteiger partial charge in [0.15, 0.2) is 11.6 Å². The third-order valence-corrected chi connectivity index (χ3v) is 4.26. The summed E-state index contributed by atoms with van der Waals surface area (Å²) < 4.78 is 26.8. The lowest BCUT2D eigenvalue weighted by Crippen LogP contribution is -2.04. The maximum absolute atomic E-state index is 14.7. The molecule has 0 saturated carbocycles. The zero-order valence-corrected chi connectivity index (χ0v) is 14.9. The fraction of sp³-hybridized carbons (Fsp3) is 0.222. The van der Waals surface area contributed by atoms with Crippen molar-refractivity contribution < 1.29 is 18.7 Å². The average Bonchev–Trinajstić information content (AvgIpc) is 3.28. The van der Waals surface area contributed by atoms with Crippen molar-refractivity contribution in [1.82, 2.24) is 24.6 Å². The first-order valence-corrected chi connectivity index (χ1v) is 8.25. The first-order chi connectivity index (χ1) is 13.0. The van der Waals surface area contributed by atoms with E-state index in [-0.39, 0.29) is 17.5 Å². The fourth-order valence-corrected chi connectivity index (χ4v) is 3.07. The highest BCUT2D eigenvalue weighted by atomic mass is 19.1. The molecule has 4 aromatic heterocycles. The number of hydrogen-bond acceptors (Lipinski definition) is 6. The van der Waals surface area contributed by atoms with Gasteiger partial charge in [-0.2, -0.15) is 10.1 Å². The maximum Gasteiger partial charge on any atom is 0.339 e. The van der Waals surface area contributed by atoms with Crippen molar-refractivity contribution in [3.05, 3.63) is 47.9 Å². The molecule has 0 unspecified atom stereocenters. The minimum Gasteiger partial charge on any atom is -0.465 e. The van der Waals surface area contributed by atoms with Crippen LogP contribution >= 0.6 is 0 Å². The lowest BCUT2D eigenvalue weighted by molar-refractivity contribution is 0.0599. The second-order valence-corrected chi connectivity index (χ2v) is 6.24. The van der Waals surface area contributed by atoms with E-state index in [0.717, 1.165) is 0 Å². The zero-order chi connectivity index (χ0) is 19.1. The number of esters is 1. The van der Waals surface area contributed by atoms with Crippen LogP contribution in [0.4, 0.5) is 4.39 Å². The lowest BCUT2D eigenvalue weighted by atomic mass is 10.0. The number of rotatable bonds is 4. The number of hydrogen-bond donors (Lipinski definition) is 1. The van der Waals surface area contributed by atoms with Crippen molar-refractivity contribution >= 4 is 22.5 Å². The Morgan fingerprint density at radius 1 is 1.33 bits per heavy atom. The highest BCUT2D eigenvalue weighted by molar-refractivity contribution is 5.94. The van der Waals surface area contributed by atoms with E-state index in [0.29, 0.717) is 27.7 Å². The summed E-state index contributed by atoms with van der Waals surface area (Å²) in [6.07, 6.45) is 5.70. The van der Waals surface area contributed by atoms with Crippen LogP contribution in [0.1, 0.15) is 35.7 Å². The number of carbonyl (C=O) groups is 1. The predicted molar refractivity (Wildman–Crippen MR) is 94.5 cm³/mol. The number of methoxy groups -OCH3 is 1. The first-order valence-electron chi connectivity index (χ1n) is 8.25. The Morgan fingerprint density at radius 3 is 2.89 bits per heavy atom. The van der Waals surface area contributed by atoms with Gasteiger partial charge >= 0.3 is 5.97 Å². The molecule has 27 heavy (non-hydrogen) atoms. The number of nitrogens with one attached hydrogen (secondary N) is 1. The minimum atomic E-state index is -0.552. The number of halogens is 1. The molecule has 0 amide bonds. The number of pyridine rings is 1. The Hall–Kier alpha value is -3.49. The van der Waals surface area contributed by atoms with E-state index in [2.05, 4.69) is 20.1 Å². The molecule has 0 bridgehead atoms. The molecular formula is C18H16FN5O3. The number of aromatic amines is 1. The number of H-pyrrole nitrogens is 1. The third kappa shape index (κ3) is 2.67. The lowest BCUT2D eigenvalue weighted by Gasteiger charge is -2.11. The molecule has 9 heteroatoms. The second kappa shape index (κ2) is 6.35. The van der Waals surface area contributed by atoms with Gasteiger partial charge < -0.3 is 14.5 Å². The standard InChI is InChI=1S/C18H16FN5O3/c1-9(2)13-11(18(25)26-3)7-24-15(13)17(22-8-23-24)27-12-6-21-16-10(14(12)19)4-5-20-16/h4-9H,1-3H3,(H,20,21). The normalized spacial score (nSPS) is 11.4. The molecule has 1 N–H and O–H groups in total. The molecular weight excluding hydrogens is 353 g/mol. The molecule has 0 aliphatic carbocycles. The van der Waals surface area contributed by atoms with Crippen LogP contribution in [0.5, 0.6) is 11.6 Å². The van der Waals surface area contributed by atoms with E-state index in [1.807, 2.05) is 13.8 Å². The van der Waals surface area contributed by atoms with E-state index in [4.69, 9.17) is 9.47 Å². The van der Waals surface area contributed by atoms with Crippen LogP contribution < -0.4 is 4.74 Å². The van der Waals surface area contributed by atoms with Crippen LogP contribution in [0.2, 0.25) is 0 Å². The Balaban J connectivity index is 1.89. The summed E-state index contributed by atoms with van der Waals surface area (Å²) in [6.45, 7) is 3.85. The van der Waals surface area contributed by atoms with Gasteiger partial charge in [0.1, 0.15) is 17.5 Å². The monoisotopic (exact) mass is 369 g/mol. The number of carbonyl (C=O) groups excluding carboxylic acids is 1. The van der Waals surface area contributed by atoms with Gasteiger partial charge in [0, 0.05) is 18.0 Å². The smallest absolute Gasteiger partial charge is 0.339 e. The Bertz CT molecular complexity index is 1160. The molecule has 8 nitrogen and oxygen atoms in total. The molecule has 0 aromatic carbocycles. The average molecular weight is 369 g/mol. The summed E-state index contributed by atoms with van der Waals surface area (Å²) in [5.74, 6) is -1.04. The molecule has 4 heterocycles. The SMILES string of the molecule is COC(=O)c1cn2ncnc(Oc3cnc4[nH]ccc4c3F)c2c1C(C)C. The Morgan fingerprint density at radius 2 is 2.15 bits per heavy atom. The van der Waals surface area contributed by atoms with Gasteiger partial charge in [-0.05, 0) is 12.0 Å². The quantitative estimate of drug-likeness (QED) is 0.554. The molecule has 0 fully saturated rings. The van der Waals surface area contributed by atoms with Gasteiger partial charge in [0.2, 0.25) is 5.88 Å². The van der Waals surface area contributed by atoms with Crippen molar-refractivity contribution in [3.63, 3.8) is 0 Å². The number of fused-ring (bicyclic) bond motifs is 2. The molecule has 0 atom stereocenters. The van der Waals surface area contributed by atoms with Crippen LogP contribution in [0.15, 0.2) is 31.0 Å². The minimum absolute atomic E-state index is 0.0485. The van der Waals surface area contributed by atoms with Crippen LogP contribution in [0.25, 0.3) is 16.6 Å². The number of ether oxygens (including phenoxy) is 2. The van der Waals surface area contributed by atoms with Crippen molar-refractivity contribution in [2.75, 3.05) is 7.11 Å². The van der Waals surface area contributed by atoms with E-state index in [1.54, 1.807) is 18.5 Å². The van der Waals surface area contributed by atoms with Gasteiger partial charge in [0.25, 0.3) is 0 Å². The molecule has 4 rings (SSSR count). The predicted octanol–water partition coefficient (Wildman–Crippen LogP) is 3.45. The maximum atomic E-state index is 14.7. The van der Waals surface area contributed by atoms with Crippen molar-refractivity contribution in [1.29, 1.82) is 0 Å². The highest BCUT2D eigenvalue weighted by Gasteiger charge is 2.25. The molecule has 0 spiro atoms. The van der Waals surface area contributed by atoms with E-state index in [9.17, 15) is 9.18 Å². The summed E-state index contributed by atoms with van der Waals surface area (Å²) in [5, 5.41) is 4.44. The summed E-state index contributed by atoms with van der Waals surface area (Å²) in [7, 11) is 1.31. The number of nitrogens with zero attached hydrogens (tertiary/aromatic N) is 4. The highest BCUT2D eigenvalue weighted by Crippen LogP contribution is 2.35. The number of aromatic nitrogens is 5. The summed E-state index contributed by atoms with van der Waals surface area (Å²) in [5.41, 5.74) is 1.92. The second-order valence-electron chi connectivity index (χ2n) is 6.24. The van der Waals surface area contributed by atoms with Gasteiger partial charge in [-0.3, -0.25) is 0 Å². The van der Waals surface area contributed by atoms with Crippen LogP contribution in [-0.2, 0) is 4.74 Å². The van der Waals surface area contributed by atoms with Gasteiger partial charge in [-0.1, -0.05) is 13.8 Å². The summed E-state index contributed by atoms with van der Waals surface area (Å²) >= 11 is 0. The van der Waals surface area contributed by atoms with Gasteiger partial charge in [0.05, 0.1) is 24.3 Å².